The van der Waals surface area contributed by atoms with Crippen LogP contribution in [0.15, 0.2) is 12.1 Å². The quantitative estimate of drug-likeness (QED) is 0.871. The summed E-state index contributed by atoms with van der Waals surface area (Å²) in [7, 11) is 1.73. The highest BCUT2D eigenvalue weighted by molar-refractivity contribution is 5.45. The number of methoxy groups -OCH3 is 1. The van der Waals surface area contributed by atoms with E-state index in [-0.39, 0.29) is 11.0 Å². The third kappa shape index (κ3) is 2.27. The number of hydrogen-bond acceptors (Lipinski definition) is 2. The average molecular weight is 261 g/mol. The molecule has 1 atom stereocenters. The summed E-state index contributed by atoms with van der Waals surface area (Å²) in [5.41, 5.74) is 10.5. The highest BCUT2D eigenvalue weighted by atomic mass is 16.5. The van der Waals surface area contributed by atoms with Crippen molar-refractivity contribution in [2.45, 2.75) is 58.9 Å². The first kappa shape index (κ1) is 14.4. The summed E-state index contributed by atoms with van der Waals surface area (Å²) < 4.78 is 5.41. The summed E-state index contributed by atoms with van der Waals surface area (Å²) in [5.74, 6) is 0.957. The number of aryl methyl sites for hydroxylation is 2. The van der Waals surface area contributed by atoms with Gasteiger partial charge in [-0.05, 0) is 54.9 Å². The van der Waals surface area contributed by atoms with Gasteiger partial charge in [-0.3, -0.25) is 0 Å². The molecule has 0 spiro atoms. The van der Waals surface area contributed by atoms with E-state index in [0.29, 0.717) is 0 Å². The van der Waals surface area contributed by atoms with Crippen LogP contribution in [-0.4, -0.2) is 7.11 Å². The van der Waals surface area contributed by atoms with Crippen LogP contribution >= 0.6 is 0 Å². The van der Waals surface area contributed by atoms with Crippen LogP contribution in [0.1, 0.15) is 56.2 Å². The molecular formula is C17H27NO. The maximum atomic E-state index is 6.88. The molecule has 2 heteroatoms. The molecule has 0 heterocycles. The van der Waals surface area contributed by atoms with Gasteiger partial charge < -0.3 is 10.5 Å². The van der Waals surface area contributed by atoms with Crippen LogP contribution in [-0.2, 0) is 5.54 Å². The molecule has 0 aromatic heterocycles. The van der Waals surface area contributed by atoms with Gasteiger partial charge in [0.1, 0.15) is 5.75 Å². The zero-order valence-electron chi connectivity index (χ0n) is 13.0. The Morgan fingerprint density at radius 3 is 2.26 bits per heavy atom. The van der Waals surface area contributed by atoms with Crippen LogP contribution < -0.4 is 10.5 Å². The lowest BCUT2D eigenvalue weighted by Gasteiger charge is -2.49. The second kappa shape index (κ2) is 4.82. The molecule has 0 radical (unpaired) electrons. The van der Waals surface area contributed by atoms with Gasteiger partial charge >= 0.3 is 0 Å². The van der Waals surface area contributed by atoms with E-state index in [1.54, 1.807) is 7.11 Å². The lowest BCUT2D eigenvalue weighted by atomic mass is 9.60. The normalized spacial score (nSPS) is 26.2. The third-order valence-corrected chi connectivity index (χ3v) is 5.05. The molecule has 0 amide bonds. The molecule has 19 heavy (non-hydrogen) atoms. The van der Waals surface area contributed by atoms with Gasteiger partial charge in [-0.25, -0.2) is 0 Å². The molecule has 1 aliphatic carbocycles. The Labute approximate surface area is 117 Å². The highest BCUT2D eigenvalue weighted by Gasteiger charge is 2.45. The summed E-state index contributed by atoms with van der Waals surface area (Å²) in [6.45, 7) is 8.87. The number of ether oxygens (including phenoxy) is 1. The Bertz CT molecular complexity index is 478. The Morgan fingerprint density at radius 2 is 1.68 bits per heavy atom. The molecule has 1 saturated carbocycles. The molecule has 106 valence electrons. The van der Waals surface area contributed by atoms with E-state index in [4.69, 9.17) is 10.5 Å². The van der Waals surface area contributed by atoms with Crippen LogP contribution in [0.3, 0.4) is 0 Å². The molecule has 0 bridgehead atoms. The molecule has 0 aliphatic heterocycles. The first-order valence-electron chi connectivity index (χ1n) is 7.26. The van der Waals surface area contributed by atoms with Crippen LogP contribution in [0.25, 0.3) is 0 Å². The molecule has 2 nitrogen and oxygen atoms in total. The SMILES string of the molecule is COc1cc(C)c(C2(N)CCCCC2(C)C)cc1C. The van der Waals surface area contributed by atoms with Crippen molar-refractivity contribution in [2.75, 3.05) is 7.11 Å². The summed E-state index contributed by atoms with van der Waals surface area (Å²) in [6.07, 6.45) is 4.80. The van der Waals surface area contributed by atoms with Gasteiger partial charge in [-0.2, -0.15) is 0 Å². The monoisotopic (exact) mass is 261 g/mol. The van der Waals surface area contributed by atoms with Crippen molar-refractivity contribution >= 4 is 0 Å². The van der Waals surface area contributed by atoms with Gasteiger partial charge in [0.05, 0.1) is 7.11 Å². The number of nitrogens with two attached hydrogens (primary N) is 1. The number of rotatable bonds is 2. The fourth-order valence-corrected chi connectivity index (χ4v) is 3.52. The minimum absolute atomic E-state index is 0.150. The lowest BCUT2D eigenvalue weighted by Crippen LogP contribution is -2.52. The lowest BCUT2D eigenvalue weighted by molar-refractivity contribution is 0.0971. The molecule has 0 saturated heterocycles. The van der Waals surface area contributed by atoms with Gasteiger partial charge in [-0.1, -0.05) is 32.8 Å². The molecular weight excluding hydrogens is 234 g/mol. The van der Waals surface area contributed by atoms with E-state index >= 15 is 0 Å². The largest absolute Gasteiger partial charge is 0.496 e. The summed E-state index contributed by atoms with van der Waals surface area (Å²) >= 11 is 0. The zero-order chi connectivity index (χ0) is 14.3. The van der Waals surface area contributed by atoms with Crippen molar-refractivity contribution in [3.05, 3.63) is 28.8 Å². The third-order valence-electron chi connectivity index (χ3n) is 5.05. The highest BCUT2D eigenvalue weighted by Crippen LogP contribution is 2.49. The predicted octanol–water partition coefficient (Wildman–Crippen LogP) is 4.07. The van der Waals surface area contributed by atoms with Crippen LogP contribution in [0.5, 0.6) is 5.75 Å². The minimum atomic E-state index is -0.216. The summed E-state index contributed by atoms with van der Waals surface area (Å²) in [6, 6.07) is 4.37. The Balaban J connectivity index is 2.54. The van der Waals surface area contributed by atoms with Crippen molar-refractivity contribution < 1.29 is 4.74 Å². The van der Waals surface area contributed by atoms with Crippen LogP contribution in [0.2, 0.25) is 0 Å². The second-order valence-corrected chi connectivity index (χ2v) is 6.70. The second-order valence-electron chi connectivity index (χ2n) is 6.70. The Hall–Kier alpha value is -1.02. The van der Waals surface area contributed by atoms with Crippen LogP contribution in [0.4, 0.5) is 0 Å². The van der Waals surface area contributed by atoms with E-state index in [2.05, 4.69) is 39.8 Å². The molecule has 1 aromatic carbocycles. The molecule has 2 N–H and O–H groups in total. The van der Waals surface area contributed by atoms with Gasteiger partial charge in [0, 0.05) is 5.54 Å². The predicted molar refractivity (Wildman–Crippen MR) is 80.6 cm³/mol. The topological polar surface area (TPSA) is 35.2 Å². The Morgan fingerprint density at radius 1 is 1.05 bits per heavy atom. The van der Waals surface area contributed by atoms with E-state index in [0.717, 1.165) is 12.2 Å². The zero-order valence-corrected chi connectivity index (χ0v) is 13.0. The van der Waals surface area contributed by atoms with Gasteiger partial charge in [0.25, 0.3) is 0 Å². The molecule has 2 rings (SSSR count). The molecule has 1 aromatic rings. The summed E-state index contributed by atoms with van der Waals surface area (Å²) in [4.78, 5) is 0. The Kier molecular flexibility index (Phi) is 3.65. The van der Waals surface area contributed by atoms with Crippen molar-refractivity contribution in [2.24, 2.45) is 11.1 Å². The van der Waals surface area contributed by atoms with E-state index in [1.807, 2.05) is 0 Å². The standard InChI is InChI=1S/C17H27NO/c1-12-11-15(19-5)13(2)10-14(12)17(18)9-7-6-8-16(17,3)4/h10-11H,6-9,18H2,1-5H3. The van der Waals surface area contributed by atoms with Crippen molar-refractivity contribution in [1.29, 1.82) is 0 Å². The van der Waals surface area contributed by atoms with Crippen molar-refractivity contribution in [1.82, 2.24) is 0 Å². The van der Waals surface area contributed by atoms with E-state index in [9.17, 15) is 0 Å². The smallest absolute Gasteiger partial charge is 0.122 e. The summed E-state index contributed by atoms with van der Waals surface area (Å²) in [5, 5.41) is 0. The molecule has 1 aliphatic rings. The fraction of sp³-hybridized carbons (Fsp3) is 0.647. The molecule has 1 fully saturated rings. The van der Waals surface area contributed by atoms with Gasteiger partial charge in [0.15, 0.2) is 0 Å². The van der Waals surface area contributed by atoms with Crippen molar-refractivity contribution in [3.8, 4) is 5.75 Å². The maximum absolute atomic E-state index is 6.88. The molecule has 1 unspecified atom stereocenters. The fourth-order valence-electron chi connectivity index (χ4n) is 3.52. The number of benzene rings is 1. The minimum Gasteiger partial charge on any atom is -0.496 e. The first-order chi connectivity index (χ1) is 8.82. The number of hydrogen-bond donors (Lipinski definition) is 1. The van der Waals surface area contributed by atoms with E-state index in [1.165, 1.54) is 36.0 Å². The van der Waals surface area contributed by atoms with Crippen LogP contribution in [0, 0.1) is 19.3 Å². The first-order valence-corrected chi connectivity index (χ1v) is 7.26. The average Bonchev–Trinajstić information content (AvgIpc) is 2.35. The van der Waals surface area contributed by atoms with Gasteiger partial charge in [0.2, 0.25) is 0 Å². The van der Waals surface area contributed by atoms with Gasteiger partial charge in [-0.15, -0.1) is 0 Å². The van der Waals surface area contributed by atoms with E-state index < -0.39 is 0 Å². The maximum Gasteiger partial charge on any atom is 0.122 e. The van der Waals surface area contributed by atoms with Crippen molar-refractivity contribution in [3.63, 3.8) is 0 Å².